The van der Waals surface area contributed by atoms with Gasteiger partial charge >= 0.3 is 14.0 Å². The number of hydrogen-bond acceptors (Lipinski definition) is 4. The van der Waals surface area contributed by atoms with Crippen molar-refractivity contribution < 1.29 is 0 Å². The molecule has 0 radical (unpaired) electrons. The maximum absolute atomic E-state index is 3.77. The van der Waals surface area contributed by atoms with Gasteiger partial charge in [0.25, 0.3) is 0 Å². The Morgan fingerprint density at radius 1 is 0.471 bits per heavy atom. The SMILES string of the molecule is C(=C(B1Nc2cccc3cccc(c23)N1)B1Nc2cccc3cccc(c23)N1)c1ccccc1. The maximum Gasteiger partial charge on any atom is 0.396 e. The first-order valence-electron chi connectivity index (χ1n) is 11.7. The number of benzene rings is 5. The topological polar surface area (TPSA) is 48.1 Å². The molecule has 0 atom stereocenters. The van der Waals surface area contributed by atoms with E-state index in [1.807, 2.05) is 0 Å². The first-order valence-corrected chi connectivity index (χ1v) is 11.7. The van der Waals surface area contributed by atoms with Crippen LogP contribution in [0.1, 0.15) is 5.56 Å². The van der Waals surface area contributed by atoms with E-state index in [1.165, 1.54) is 32.5 Å². The molecule has 4 N–H and O–H groups in total. The summed E-state index contributed by atoms with van der Waals surface area (Å²) in [5, 5.41) is 21.2. The van der Waals surface area contributed by atoms with E-state index in [0.717, 1.165) is 22.7 Å². The standard InChI is InChI=1S/C28H22B2N4/c1-2-8-19(9-3-1)18-26(29-31-22-14-4-10-20-11-5-15-23(32-29)27(20)22)30-33-24-16-6-12-21-13-7-17-25(34-30)28(21)24/h1-18,31-34H. The maximum atomic E-state index is 3.77. The highest BCUT2D eigenvalue weighted by atomic mass is 15.0. The van der Waals surface area contributed by atoms with Gasteiger partial charge in [0.05, 0.1) is 0 Å². The molecule has 34 heavy (non-hydrogen) atoms. The summed E-state index contributed by atoms with van der Waals surface area (Å²) < 4.78 is 0. The Bertz CT molecular complexity index is 1400. The van der Waals surface area contributed by atoms with Gasteiger partial charge in [0.1, 0.15) is 0 Å². The molecule has 5 aromatic carbocycles. The molecule has 4 nitrogen and oxygen atoms in total. The number of hydrogen-bond donors (Lipinski definition) is 4. The molecule has 0 saturated carbocycles. The van der Waals surface area contributed by atoms with Crippen molar-refractivity contribution in [3.63, 3.8) is 0 Å². The zero-order chi connectivity index (χ0) is 22.5. The number of anilines is 4. The summed E-state index contributed by atoms with van der Waals surface area (Å²) in [6.07, 6.45) is 2.28. The summed E-state index contributed by atoms with van der Waals surface area (Å²) in [5.74, 6) is 0. The second-order valence-corrected chi connectivity index (χ2v) is 8.92. The van der Waals surface area contributed by atoms with Gasteiger partial charge in [-0.3, -0.25) is 0 Å². The fourth-order valence-corrected chi connectivity index (χ4v) is 5.27. The van der Waals surface area contributed by atoms with Gasteiger partial charge in [-0.2, -0.15) is 0 Å². The monoisotopic (exact) mass is 436 g/mol. The van der Waals surface area contributed by atoms with Crippen LogP contribution in [0.3, 0.4) is 0 Å². The largest absolute Gasteiger partial charge is 0.406 e. The third kappa shape index (κ3) is 3.11. The van der Waals surface area contributed by atoms with Crippen molar-refractivity contribution in [3.8, 4) is 0 Å². The van der Waals surface area contributed by atoms with E-state index in [1.54, 1.807) is 0 Å². The van der Waals surface area contributed by atoms with E-state index in [9.17, 15) is 0 Å². The average molecular weight is 436 g/mol. The van der Waals surface area contributed by atoms with Crippen molar-refractivity contribution in [1.82, 2.24) is 0 Å². The summed E-state index contributed by atoms with van der Waals surface area (Å²) in [4.78, 5) is 0. The van der Waals surface area contributed by atoms with Gasteiger partial charge in [0.2, 0.25) is 0 Å². The van der Waals surface area contributed by atoms with E-state index in [2.05, 4.69) is 130 Å². The summed E-state index contributed by atoms with van der Waals surface area (Å²) in [5.41, 5.74) is 5.75. The predicted octanol–water partition coefficient (Wildman–Crippen LogP) is 6.51. The van der Waals surface area contributed by atoms with E-state index in [0.29, 0.717) is 0 Å². The van der Waals surface area contributed by atoms with Crippen molar-refractivity contribution in [1.29, 1.82) is 0 Å². The first kappa shape index (κ1) is 19.2. The smallest absolute Gasteiger partial charge is 0.396 e. The Hall–Kier alpha value is -4.31. The van der Waals surface area contributed by atoms with E-state index < -0.39 is 0 Å². The van der Waals surface area contributed by atoms with Crippen molar-refractivity contribution in [3.05, 3.63) is 114 Å². The Labute approximate surface area is 199 Å². The quantitative estimate of drug-likeness (QED) is 0.244. The molecular formula is C28H22B2N4. The van der Waals surface area contributed by atoms with Crippen LogP contribution in [-0.2, 0) is 0 Å². The first-order chi connectivity index (χ1) is 16.8. The second kappa shape index (κ2) is 7.63. The molecule has 0 bridgehead atoms. The third-order valence-corrected chi connectivity index (χ3v) is 6.81. The van der Waals surface area contributed by atoms with Gasteiger partial charge in [-0.15, -0.1) is 0 Å². The minimum atomic E-state index is -0.0878. The molecule has 5 aromatic rings. The van der Waals surface area contributed by atoms with Gasteiger partial charge < -0.3 is 20.9 Å². The van der Waals surface area contributed by atoms with Crippen LogP contribution in [0.25, 0.3) is 27.6 Å². The Morgan fingerprint density at radius 2 is 0.882 bits per heavy atom. The molecule has 160 valence electrons. The zero-order valence-electron chi connectivity index (χ0n) is 18.5. The molecule has 0 aromatic heterocycles. The molecular weight excluding hydrogens is 414 g/mol. The Kier molecular flexibility index (Phi) is 4.31. The van der Waals surface area contributed by atoms with Crippen molar-refractivity contribution >= 4 is 64.3 Å². The minimum absolute atomic E-state index is 0.0878. The fourth-order valence-electron chi connectivity index (χ4n) is 5.27. The van der Waals surface area contributed by atoms with E-state index in [4.69, 9.17) is 0 Å². The molecule has 0 unspecified atom stereocenters. The lowest BCUT2D eigenvalue weighted by Gasteiger charge is -2.33. The highest BCUT2D eigenvalue weighted by Crippen LogP contribution is 2.38. The molecule has 0 aliphatic carbocycles. The minimum Gasteiger partial charge on any atom is -0.406 e. The summed E-state index contributed by atoms with van der Waals surface area (Å²) in [6, 6.07) is 36.3. The van der Waals surface area contributed by atoms with Crippen LogP contribution in [0.4, 0.5) is 22.7 Å². The lowest BCUT2D eigenvalue weighted by atomic mass is 9.45. The van der Waals surface area contributed by atoms with Crippen LogP contribution in [0.5, 0.6) is 0 Å². The van der Waals surface area contributed by atoms with Crippen LogP contribution in [0.15, 0.2) is 109 Å². The lowest BCUT2D eigenvalue weighted by Crippen LogP contribution is -2.51. The lowest BCUT2D eigenvalue weighted by molar-refractivity contribution is 1.57. The molecule has 0 spiro atoms. The van der Waals surface area contributed by atoms with Gasteiger partial charge in [-0.05, 0) is 46.0 Å². The van der Waals surface area contributed by atoms with Crippen LogP contribution < -0.4 is 20.9 Å². The fraction of sp³-hybridized carbons (Fsp3) is 0. The van der Waals surface area contributed by atoms with Gasteiger partial charge in [0, 0.05) is 33.5 Å². The third-order valence-electron chi connectivity index (χ3n) is 6.81. The van der Waals surface area contributed by atoms with E-state index >= 15 is 0 Å². The average Bonchev–Trinajstić information content (AvgIpc) is 2.88. The molecule has 2 aliphatic rings. The Morgan fingerprint density at radius 3 is 1.29 bits per heavy atom. The predicted molar refractivity (Wildman–Crippen MR) is 148 cm³/mol. The molecule has 0 saturated heterocycles. The van der Waals surface area contributed by atoms with Crippen LogP contribution in [0, 0.1) is 0 Å². The van der Waals surface area contributed by atoms with Crippen molar-refractivity contribution in [2.45, 2.75) is 0 Å². The van der Waals surface area contributed by atoms with Crippen LogP contribution >= 0.6 is 0 Å². The van der Waals surface area contributed by atoms with Crippen LogP contribution in [0.2, 0.25) is 0 Å². The number of nitrogens with one attached hydrogen (secondary N) is 4. The number of rotatable bonds is 3. The van der Waals surface area contributed by atoms with Gasteiger partial charge in [0.15, 0.2) is 0 Å². The Balaban J connectivity index is 1.34. The zero-order valence-corrected chi connectivity index (χ0v) is 18.5. The van der Waals surface area contributed by atoms with Crippen molar-refractivity contribution in [2.75, 3.05) is 20.9 Å². The van der Waals surface area contributed by atoms with Crippen molar-refractivity contribution in [2.24, 2.45) is 0 Å². The molecule has 2 heterocycles. The normalized spacial score (nSPS) is 13.5. The molecule has 0 amide bonds. The van der Waals surface area contributed by atoms with Gasteiger partial charge in [-0.1, -0.05) is 84.9 Å². The second-order valence-electron chi connectivity index (χ2n) is 8.92. The van der Waals surface area contributed by atoms with E-state index in [-0.39, 0.29) is 14.0 Å². The summed E-state index contributed by atoms with van der Waals surface area (Å²) in [7, 11) is 0. The van der Waals surface area contributed by atoms with Gasteiger partial charge in [-0.25, -0.2) is 0 Å². The molecule has 0 fully saturated rings. The summed E-state index contributed by atoms with van der Waals surface area (Å²) in [6.45, 7) is -0.176. The summed E-state index contributed by atoms with van der Waals surface area (Å²) >= 11 is 0. The van der Waals surface area contributed by atoms with Crippen LogP contribution in [-0.4, -0.2) is 14.0 Å². The molecule has 7 rings (SSSR count). The molecule has 6 heteroatoms. The highest BCUT2D eigenvalue weighted by molar-refractivity contribution is 6.96. The molecule has 2 aliphatic heterocycles. The highest BCUT2D eigenvalue weighted by Gasteiger charge is 2.37.